The predicted octanol–water partition coefficient (Wildman–Crippen LogP) is 2.28. The Kier molecular flexibility index (Phi) is 4.55. The first kappa shape index (κ1) is 15.8. The molecule has 0 aromatic carbocycles. The monoisotopic (exact) mass is 312 g/mol. The Balaban J connectivity index is 2.00. The number of rotatable bonds is 6. The second-order valence-corrected chi connectivity index (χ2v) is 7.14. The van der Waals surface area contributed by atoms with Crippen molar-refractivity contribution in [2.45, 2.75) is 31.5 Å². The summed E-state index contributed by atoms with van der Waals surface area (Å²) >= 11 is 0. The molecule has 0 saturated carbocycles. The normalized spacial score (nSPS) is 13.8. The molecule has 0 saturated heterocycles. The number of hydrogen-bond acceptors (Lipinski definition) is 5. The highest BCUT2D eigenvalue weighted by Crippen LogP contribution is 2.19. The van der Waals surface area contributed by atoms with Gasteiger partial charge in [0.2, 0.25) is 5.09 Å². The van der Waals surface area contributed by atoms with Crippen LogP contribution in [-0.4, -0.2) is 26.8 Å². The predicted molar refractivity (Wildman–Crippen MR) is 78.3 cm³/mol. The number of furan rings is 2. The molecule has 7 heteroatoms. The van der Waals surface area contributed by atoms with E-state index in [9.17, 15) is 8.42 Å². The van der Waals surface area contributed by atoms with Gasteiger partial charge in [-0.15, -0.1) is 0 Å². The largest absolute Gasteiger partial charge is 0.465 e. The summed E-state index contributed by atoms with van der Waals surface area (Å²) in [6.45, 7) is 4.28. The van der Waals surface area contributed by atoms with E-state index < -0.39 is 10.0 Å². The second kappa shape index (κ2) is 6.05. The number of nitrogens with zero attached hydrogens (tertiary/aromatic N) is 1. The van der Waals surface area contributed by atoms with Gasteiger partial charge in [0.1, 0.15) is 17.3 Å². The lowest BCUT2D eigenvalue weighted by Gasteiger charge is -2.10. The Morgan fingerprint density at radius 2 is 1.90 bits per heavy atom. The van der Waals surface area contributed by atoms with E-state index in [1.165, 1.54) is 20.2 Å². The zero-order chi connectivity index (χ0) is 15.6. The highest BCUT2D eigenvalue weighted by molar-refractivity contribution is 7.88. The molecule has 0 radical (unpaired) electrons. The van der Waals surface area contributed by atoms with E-state index in [0.29, 0.717) is 12.3 Å². The van der Waals surface area contributed by atoms with Crippen LogP contribution in [0, 0.1) is 6.92 Å². The van der Waals surface area contributed by atoms with Gasteiger partial charge in [0.15, 0.2) is 0 Å². The summed E-state index contributed by atoms with van der Waals surface area (Å²) in [4.78, 5) is 0. The zero-order valence-corrected chi connectivity index (χ0v) is 13.4. The van der Waals surface area contributed by atoms with Crippen molar-refractivity contribution >= 4 is 10.0 Å². The van der Waals surface area contributed by atoms with Crippen LogP contribution < -0.4 is 5.32 Å². The molecule has 2 aromatic rings. The second-order valence-electron chi connectivity index (χ2n) is 5.06. The molecule has 1 unspecified atom stereocenters. The number of nitrogens with one attached hydrogen (secondary N) is 1. The Morgan fingerprint density at radius 3 is 2.48 bits per heavy atom. The van der Waals surface area contributed by atoms with Gasteiger partial charge >= 0.3 is 0 Å². The maximum atomic E-state index is 11.9. The van der Waals surface area contributed by atoms with Crippen molar-refractivity contribution < 1.29 is 17.3 Å². The van der Waals surface area contributed by atoms with Crippen LogP contribution in [0.4, 0.5) is 0 Å². The van der Waals surface area contributed by atoms with Crippen LogP contribution in [0.3, 0.4) is 0 Å². The van der Waals surface area contributed by atoms with Crippen LogP contribution in [0.5, 0.6) is 0 Å². The molecule has 0 aliphatic rings. The van der Waals surface area contributed by atoms with Crippen LogP contribution in [0.15, 0.2) is 38.2 Å². The molecule has 6 nitrogen and oxygen atoms in total. The van der Waals surface area contributed by atoms with E-state index in [1.807, 2.05) is 26.0 Å². The van der Waals surface area contributed by atoms with Crippen LogP contribution in [-0.2, 0) is 16.6 Å². The lowest BCUT2D eigenvalue weighted by atomic mass is 10.2. The zero-order valence-electron chi connectivity index (χ0n) is 12.6. The number of aryl methyl sites for hydroxylation is 1. The third-order valence-corrected chi connectivity index (χ3v) is 4.83. The highest BCUT2D eigenvalue weighted by atomic mass is 32.2. The molecule has 0 amide bonds. The maximum absolute atomic E-state index is 11.9. The first-order valence-corrected chi connectivity index (χ1v) is 8.05. The lowest BCUT2D eigenvalue weighted by molar-refractivity contribution is 0.366. The lowest BCUT2D eigenvalue weighted by Crippen LogP contribution is -2.21. The fourth-order valence-electron chi connectivity index (χ4n) is 1.81. The molecule has 0 bridgehead atoms. The number of hydrogen-bond donors (Lipinski definition) is 1. The third-order valence-electron chi connectivity index (χ3n) is 3.14. The summed E-state index contributed by atoms with van der Waals surface area (Å²) in [5.41, 5.74) is 0. The smallest absolute Gasteiger partial charge is 0.275 e. The van der Waals surface area contributed by atoms with Crippen molar-refractivity contribution in [1.82, 2.24) is 9.62 Å². The standard InChI is InChI=1S/C14H20N2O4S/c1-10-5-7-13(19-10)11(2)15-9-12-6-8-14(20-12)21(17,18)16(3)4/h5-8,11,15H,9H2,1-4H3. The highest BCUT2D eigenvalue weighted by Gasteiger charge is 2.21. The SMILES string of the molecule is Cc1ccc(C(C)NCc2ccc(S(=O)(=O)N(C)C)o2)o1. The minimum Gasteiger partial charge on any atom is -0.465 e. The van der Waals surface area contributed by atoms with Gasteiger partial charge in [-0.05, 0) is 38.1 Å². The Hall–Kier alpha value is -1.57. The van der Waals surface area contributed by atoms with E-state index in [1.54, 1.807) is 6.07 Å². The summed E-state index contributed by atoms with van der Waals surface area (Å²) in [7, 11) is -0.584. The van der Waals surface area contributed by atoms with Gasteiger partial charge in [0, 0.05) is 14.1 Å². The Bertz CT molecular complexity index is 700. The summed E-state index contributed by atoms with van der Waals surface area (Å²) in [6, 6.07) is 6.95. The molecule has 2 heterocycles. The van der Waals surface area contributed by atoms with Crippen LogP contribution in [0.25, 0.3) is 0 Å². The third kappa shape index (κ3) is 3.55. The number of sulfonamides is 1. The molecular weight excluding hydrogens is 292 g/mol. The average molecular weight is 312 g/mol. The van der Waals surface area contributed by atoms with Crippen molar-refractivity contribution in [2.75, 3.05) is 14.1 Å². The van der Waals surface area contributed by atoms with Crippen molar-refractivity contribution in [2.24, 2.45) is 0 Å². The molecule has 21 heavy (non-hydrogen) atoms. The van der Waals surface area contributed by atoms with Crippen molar-refractivity contribution in [3.63, 3.8) is 0 Å². The minimum atomic E-state index is -3.52. The fourth-order valence-corrected chi connectivity index (χ4v) is 2.62. The fraction of sp³-hybridized carbons (Fsp3) is 0.429. The summed E-state index contributed by atoms with van der Waals surface area (Å²) in [5.74, 6) is 2.25. The molecule has 0 aliphatic carbocycles. The van der Waals surface area contributed by atoms with E-state index in [4.69, 9.17) is 8.83 Å². The van der Waals surface area contributed by atoms with Gasteiger partial charge in [-0.3, -0.25) is 0 Å². The topological polar surface area (TPSA) is 75.7 Å². The average Bonchev–Trinajstić information content (AvgIpc) is 3.04. The molecule has 2 rings (SSSR count). The maximum Gasteiger partial charge on any atom is 0.275 e. The van der Waals surface area contributed by atoms with Crippen molar-refractivity contribution in [3.05, 3.63) is 41.5 Å². The van der Waals surface area contributed by atoms with Crippen molar-refractivity contribution in [1.29, 1.82) is 0 Å². The molecule has 2 aromatic heterocycles. The van der Waals surface area contributed by atoms with Gasteiger partial charge in [0.25, 0.3) is 10.0 Å². The van der Waals surface area contributed by atoms with E-state index in [2.05, 4.69) is 5.32 Å². The molecule has 1 atom stereocenters. The van der Waals surface area contributed by atoms with Gasteiger partial charge in [-0.2, -0.15) is 0 Å². The van der Waals surface area contributed by atoms with Crippen LogP contribution in [0.1, 0.15) is 30.2 Å². The molecule has 0 spiro atoms. The van der Waals surface area contributed by atoms with Gasteiger partial charge in [0.05, 0.1) is 12.6 Å². The molecule has 0 aliphatic heterocycles. The first-order valence-electron chi connectivity index (χ1n) is 6.61. The van der Waals surface area contributed by atoms with Gasteiger partial charge in [-0.1, -0.05) is 0 Å². The van der Waals surface area contributed by atoms with Gasteiger partial charge < -0.3 is 14.2 Å². The first-order chi connectivity index (χ1) is 9.80. The van der Waals surface area contributed by atoms with Crippen LogP contribution >= 0.6 is 0 Å². The minimum absolute atomic E-state index is 0.0118. The quantitative estimate of drug-likeness (QED) is 0.885. The Labute approximate surface area is 124 Å². The summed E-state index contributed by atoms with van der Waals surface area (Å²) < 4.78 is 35.8. The van der Waals surface area contributed by atoms with E-state index >= 15 is 0 Å². The molecular formula is C14H20N2O4S. The van der Waals surface area contributed by atoms with E-state index in [-0.39, 0.29) is 11.1 Å². The van der Waals surface area contributed by atoms with Gasteiger partial charge in [-0.25, -0.2) is 12.7 Å². The van der Waals surface area contributed by atoms with Crippen molar-refractivity contribution in [3.8, 4) is 0 Å². The summed E-state index contributed by atoms with van der Waals surface area (Å²) in [5, 5.41) is 3.18. The molecule has 1 N–H and O–H groups in total. The molecule has 0 fully saturated rings. The van der Waals surface area contributed by atoms with E-state index in [0.717, 1.165) is 15.8 Å². The molecule has 116 valence electrons. The Morgan fingerprint density at radius 1 is 1.19 bits per heavy atom. The summed E-state index contributed by atoms with van der Waals surface area (Å²) in [6.07, 6.45) is 0. The van der Waals surface area contributed by atoms with Crippen LogP contribution in [0.2, 0.25) is 0 Å².